The lowest BCUT2D eigenvalue weighted by molar-refractivity contribution is 0.474. The van der Waals surface area contributed by atoms with Crippen LogP contribution in [-0.4, -0.2) is 5.11 Å². The highest BCUT2D eigenvalue weighted by atomic mass is 16.3. The van der Waals surface area contributed by atoms with Crippen LogP contribution in [0, 0.1) is 0 Å². The summed E-state index contributed by atoms with van der Waals surface area (Å²) in [6.45, 7) is 6.53. The number of benzene rings is 1. The summed E-state index contributed by atoms with van der Waals surface area (Å²) in [7, 11) is 0. The molecule has 0 spiro atoms. The minimum Gasteiger partial charge on any atom is -0.508 e. The molecule has 0 amide bonds. The Morgan fingerprint density at radius 1 is 1.31 bits per heavy atom. The number of phenols is 1. The molecule has 0 bridgehead atoms. The predicted molar refractivity (Wildman–Crippen MR) is 56.2 cm³/mol. The molecule has 0 aliphatic carbocycles. The molecule has 1 aromatic carbocycles. The SMILES string of the molecule is CCCc1cc(O)ccc1C(C)C. The van der Waals surface area contributed by atoms with Crippen LogP contribution in [0.1, 0.15) is 44.2 Å². The van der Waals surface area contributed by atoms with Crippen molar-refractivity contribution in [2.75, 3.05) is 0 Å². The van der Waals surface area contributed by atoms with Gasteiger partial charge in [0.15, 0.2) is 0 Å². The summed E-state index contributed by atoms with van der Waals surface area (Å²) in [5.41, 5.74) is 2.65. The first-order chi connectivity index (χ1) is 6.15. The summed E-state index contributed by atoms with van der Waals surface area (Å²) >= 11 is 0. The van der Waals surface area contributed by atoms with Crippen LogP contribution in [0.25, 0.3) is 0 Å². The minimum atomic E-state index is 0.382. The summed E-state index contributed by atoms with van der Waals surface area (Å²) < 4.78 is 0. The molecule has 0 aliphatic rings. The van der Waals surface area contributed by atoms with Crippen LogP contribution in [0.5, 0.6) is 5.75 Å². The third-order valence-corrected chi connectivity index (χ3v) is 2.27. The van der Waals surface area contributed by atoms with E-state index in [1.165, 1.54) is 11.1 Å². The Balaban J connectivity index is 3.03. The van der Waals surface area contributed by atoms with E-state index in [0.717, 1.165) is 12.8 Å². The fraction of sp³-hybridized carbons (Fsp3) is 0.500. The van der Waals surface area contributed by atoms with E-state index >= 15 is 0 Å². The third-order valence-electron chi connectivity index (χ3n) is 2.27. The molecule has 0 atom stereocenters. The van der Waals surface area contributed by atoms with Crippen molar-refractivity contribution in [3.63, 3.8) is 0 Å². The Kier molecular flexibility index (Phi) is 3.35. The predicted octanol–water partition coefficient (Wildman–Crippen LogP) is 3.47. The molecule has 72 valence electrons. The van der Waals surface area contributed by atoms with Crippen molar-refractivity contribution < 1.29 is 5.11 Å². The monoisotopic (exact) mass is 178 g/mol. The van der Waals surface area contributed by atoms with Gasteiger partial charge in [-0.3, -0.25) is 0 Å². The molecule has 1 aromatic rings. The van der Waals surface area contributed by atoms with Gasteiger partial charge in [-0.25, -0.2) is 0 Å². The quantitative estimate of drug-likeness (QED) is 0.751. The molecular weight excluding hydrogens is 160 g/mol. The van der Waals surface area contributed by atoms with E-state index in [2.05, 4.69) is 20.8 Å². The maximum Gasteiger partial charge on any atom is 0.115 e. The topological polar surface area (TPSA) is 20.2 Å². The van der Waals surface area contributed by atoms with Gasteiger partial charge in [0.2, 0.25) is 0 Å². The maximum atomic E-state index is 9.35. The molecule has 13 heavy (non-hydrogen) atoms. The molecule has 0 radical (unpaired) electrons. The van der Waals surface area contributed by atoms with Crippen molar-refractivity contribution in [2.24, 2.45) is 0 Å². The second kappa shape index (κ2) is 4.31. The Hall–Kier alpha value is -0.980. The Morgan fingerprint density at radius 2 is 2.00 bits per heavy atom. The van der Waals surface area contributed by atoms with Gasteiger partial charge >= 0.3 is 0 Å². The smallest absolute Gasteiger partial charge is 0.115 e. The van der Waals surface area contributed by atoms with Crippen LogP contribution in [0.3, 0.4) is 0 Å². The van der Waals surface area contributed by atoms with Gasteiger partial charge < -0.3 is 5.11 Å². The number of phenolic OH excluding ortho intramolecular Hbond substituents is 1. The first-order valence-corrected chi connectivity index (χ1v) is 4.97. The highest BCUT2D eigenvalue weighted by Crippen LogP contribution is 2.24. The van der Waals surface area contributed by atoms with Crippen LogP contribution < -0.4 is 0 Å². The Labute approximate surface area is 80.4 Å². The van der Waals surface area contributed by atoms with E-state index < -0.39 is 0 Å². The van der Waals surface area contributed by atoms with Crippen LogP contribution in [0.15, 0.2) is 18.2 Å². The van der Waals surface area contributed by atoms with E-state index in [0.29, 0.717) is 11.7 Å². The number of hydrogen-bond donors (Lipinski definition) is 1. The number of aryl methyl sites for hydroxylation is 1. The highest BCUT2D eigenvalue weighted by molar-refractivity contribution is 5.36. The van der Waals surface area contributed by atoms with Gasteiger partial charge in [0.1, 0.15) is 5.75 Å². The van der Waals surface area contributed by atoms with Crippen molar-refractivity contribution >= 4 is 0 Å². The second-order valence-electron chi connectivity index (χ2n) is 3.79. The molecule has 1 heteroatoms. The van der Waals surface area contributed by atoms with E-state index in [1.807, 2.05) is 12.1 Å². The molecule has 1 rings (SSSR count). The zero-order chi connectivity index (χ0) is 9.84. The molecular formula is C12H18O. The van der Waals surface area contributed by atoms with Gasteiger partial charge in [0.05, 0.1) is 0 Å². The molecule has 1 nitrogen and oxygen atoms in total. The molecule has 0 heterocycles. The van der Waals surface area contributed by atoms with Crippen LogP contribution in [0.4, 0.5) is 0 Å². The highest BCUT2D eigenvalue weighted by Gasteiger charge is 2.06. The zero-order valence-electron chi connectivity index (χ0n) is 8.67. The van der Waals surface area contributed by atoms with E-state index in [1.54, 1.807) is 6.07 Å². The Bertz CT molecular complexity index is 276. The third kappa shape index (κ3) is 2.48. The van der Waals surface area contributed by atoms with Gasteiger partial charge in [0, 0.05) is 0 Å². The van der Waals surface area contributed by atoms with E-state index in [4.69, 9.17) is 0 Å². The Morgan fingerprint density at radius 3 is 2.54 bits per heavy atom. The standard InChI is InChI=1S/C12H18O/c1-4-5-10-8-11(13)6-7-12(10)9(2)3/h6-9,13H,4-5H2,1-3H3. The summed E-state index contributed by atoms with van der Waals surface area (Å²) in [6, 6.07) is 5.69. The molecule has 0 unspecified atom stereocenters. The molecule has 1 N–H and O–H groups in total. The normalized spacial score (nSPS) is 10.8. The fourth-order valence-corrected chi connectivity index (χ4v) is 1.64. The number of aromatic hydroxyl groups is 1. The average molecular weight is 178 g/mol. The zero-order valence-corrected chi connectivity index (χ0v) is 8.67. The van der Waals surface area contributed by atoms with Crippen LogP contribution in [0.2, 0.25) is 0 Å². The van der Waals surface area contributed by atoms with Crippen molar-refractivity contribution in [3.05, 3.63) is 29.3 Å². The van der Waals surface area contributed by atoms with Gasteiger partial charge in [0.25, 0.3) is 0 Å². The van der Waals surface area contributed by atoms with Gasteiger partial charge in [-0.05, 0) is 35.6 Å². The van der Waals surface area contributed by atoms with Gasteiger partial charge in [-0.1, -0.05) is 33.3 Å². The number of hydrogen-bond acceptors (Lipinski definition) is 1. The summed E-state index contributed by atoms with van der Waals surface area (Å²) in [6.07, 6.45) is 2.19. The summed E-state index contributed by atoms with van der Waals surface area (Å²) in [5, 5.41) is 9.35. The largest absolute Gasteiger partial charge is 0.508 e. The van der Waals surface area contributed by atoms with Crippen molar-refractivity contribution in [2.45, 2.75) is 39.5 Å². The van der Waals surface area contributed by atoms with Crippen LogP contribution >= 0.6 is 0 Å². The first kappa shape index (κ1) is 10.1. The van der Waals surface area contributed by atoms with Gasteiger partial charge in [-0.15, -0.1) is 0 Å². The summed E-state index contributed by atoms with van der Waals surface area (Å²) in [4.78, 5) is 0. The fourth-order valence-electron chi connectivity index (χ4n) is 1.64. The number of rotatable bonds is 3. The molecule has 0 saturated heterocycles. The summed E-state index contributed by atoms with van der Waals surface area (Å²) in [5.74, 6) is 0.926. The van der Waals surface area contributed by atoms with Crippen molar-refractivity contribution in [3.8, 4) is 5.75 Å². The molecule has 0 aliphatic heterocycles. The maximum absolute atomic E-state index is 9.35. The van der Waals surface area contributed by atoms with E-state index in [9.17, 15) is 5.11 Å². The van der Waals surface area contributed by atoms with Crippen molar-refractivity contribution in [1.29, 1.82) is 0 Å². The first-order valence-electron chi connectivity index (χ1n) is 4.97. The average Bonchev–Trinajstić information content (AvgIpc) is 2.04. The van der Waals surface area contributed by atoms with Gasteiger partial charge in [-0.2, -0.15) is 0 Å². The molecule has 0 fully saturated rings. The lowest BCUT2D eigenvalue weighted by Crippen LogP contribution is -1.95. The van der Waals surface area contributed by atoms with E-state index in [-0.39, 0.29) is 0 Å². The second-order valence-corrected chi connectivity index (χ2v) is 3.79. The lowest BCUT2D eigenvalue weighted by Gasteiger charge is -2.12. The lowest BCUT2D eigenvalue weighted by atomic mass is 9.94. The molecule has 0 aromatic heterocycles. The molecule has 0 saturated carbocycles. The minimum absolute atomic E-state index is 0.382. The van der Waals surface area contributed by atoms with Crippen LogP contribution in [-0.2, 0) is 6.42 Å². The van der Waals surface area contributed by atoms with Crippen molar-refractivity contribution in [1.82, 2.24) is 0 Å².